The minimum absolute atomic E-state index is 0.0336. The Hall–Kier alpha value is -1.92. The Labute approximate surface area is 114 Å². The summed E-state index contributed by atoms with van der Waals surface area (Å²) in [5.74, 6) is 0.321. The Kier molecular flexibility index (Phi) is 3.82. The lowest BCUT2D eigenvalue weighted by Gasteiger charge is -2.12. The van der Waals surface area contributed by atoms with Crippen LogP contribution in [0.2, 0.25) is 5.02 Å². The van der Waals surface area contributed by atoms with Crippen molar-refractivity contribution < 1.29 is 10.0 Å². The number of nitro groups is 1. The molecule has 0 amide bonds. The van der Waals surface area contributed by atoms with Crippen molar-refractivity contribution in [1.29, 1.82) is 0 Å². The van der Waals surface area contributed by atoms with Gasteiger partial charge in [0, 0.05) is 17.5 Å². The molecule has 7 heteroatoms. The Bertz CT molecular complexity index is 612. The van der Waals surface area contributed by atoms with Gasteiger partial charge in [0.15, 0.2) is 5.82 Å². The summed E-state index contributed by atoms with van der Waals surface area (Å²) in [4.78, 5) is 14.2. The molecule has 0 spiro atoms. The smallest absolute Gasteiger partial charge is 0.342 e. The third kappa shape index (κ3) is 2.74. The average molecular weight is 282 g/mol. The maximum absolute atomic E-state index is 10.9. The first-order valence-electron chi connectivity index (χ1n) is 5.59. The number of aliphatic hydroxyl groups is 1. The number of aliphatic hydroxyl groups excluding tert-OH is 1. The van der Waals surface area contributed by atoms with E-state index in [9.17, 15) is 15.2 Å². The van der Waals surface area contributed by atoms with Crippen molar-refractivity contribution in [2.24, 2.45) is 0 Å². The van der Waals surface area contributed by atoms with E-state index in [2.05, 4.69) is 4.98 Å². The van der Waals surface area contributed by atoms with Crippen LogP contribution in [-0.2, 0) is 6.54 Å². The summed E-state index contributed by atoms with van der Waals surface area (Å²) in [7, 11) is 0. The minimum Gasteiger partial charge on any atom is -0.384 e. The standard InChI is InChI=1S/C12H12ClN3O3/c1-8-14-6-12(16(18)19)15(8)7-11(17)9-4-2-3-5-10(9)13/h2-6,11,17H,7H2,1H3. The van der Waals surface area contributed by atoms with E-state index in [4.69, 9.17) is 11.6 Å². The average Bonchev–Trinajstić information content (AvgIpc) is 2.71. The number of imidazole rings is 1. The maximum atomic E-state index is 10.9. The third-order valence-electron chi connectivity index (χ3n) is 2.84. The van der Waals surface area contributed by atoms with Crippen LogP contribution in [-0.4, -0.2) is 19.6 Å². The lowest BCUT2D eigenvalue weighted by atomic mass is 10.1. The second-order valence-corrected chi connectivity index (χ2v) is 4.48. The molecule has 0 aliphatic heterocycles. The Morgan fingerprint density at radius 2 is 2.21 bits per heavy atom. The van der Waals surface area contributed by atoms with Crippen molar-refractivity contribution in [2.75, 3.05) is 0 Å². The molecular formula is C12H12ClN3O3. The zero-order chi connectivity index (χ0) is 14.0. The zero-order valence-corrected chi connectivity index (χ0v) is 10.9. The number of nitrogens with zero attached hydrogens (tertiary/aromatic N) is 3. The largest absolute Gasteiger partial charge is 0.384 e. The predicted molar refractivity (Wildman–Crippen MR) is 70.0 cm³/mol. The van der Waals surface area contributed by atoms with Crippen LogP contribution in [0, 0.1) is 17.0 Å². The highest BCUT2D eigenvalue weighted by Crippen LogP contribution is 2.25. The molecule has 1 atom stereocenters. The summed E-state index contributed by atoms with van der Waals surface area (Å²) in [5.41, 5.74) is 0.534. The van der Waals surface area contributed by atoms with E-state index in [-0.39, 0.29) is 12.4 Å². The second-order valence-electron chi connectivity index (χ2n) is 4.07. The van der Waals surface area contributed by atoms with Gasteiger partial charge in [-0.25, -0.2) is 9.55 Å². The monoisotopic (exact) mass is 281 g/mol. The van der Waals surface area contributed by atoms with Crippen LogP contribution in [0.3, 0.4) is 0 Å². The molecule has 1 aromatic carbocycles. The molecule has 6 nitrogen and oxygen atoms in total. The van der Waals surface area contributed by atoms with Gasteiger partial charge in [-0.1, -0.05) is 29.8 Å². The normalized spacial score (nSPS) is 12.4. The highest BCUT2D eigenvalue weighted by atomic mass is 35.5. The molecule has 19 heavy (non-hydrogen) atoms. The van der Waals surface area contributed by atoms with E-state index >= 15 is 0 Å². The Morgan fingerprint density at radius 3 is 2.84 bits per heavy atom. The summed E-state index contributed by atoms with van der Waals surface area (Å²) in [5, 5.41) is 21.4. The van der Waals surface area contributed by atoms with Crippen LogP contribution in [0.4, 0.5) is 5.82 Å². The first kappa shape index (κ1) is 13.5. The molecule has 0 bridgehead atoms. The molecular weight excluding hydrogens is 270 g/mol. The van der Waals surface area contributed by atoms with Crippen LogP contribution in [0.15, 0.2) is 30.5 Å². The number of halogens is 1. The van der Waals surface area contributed by atoms with E-state index in [0.29, 0.717) is 16.4 Å². The fraction of sp³-hybridized carbons (Fsp3) is 0.250. The summed E-state index contributed by atoms with van der Waals surface area (Å²) in [6.07, 6.45) is 0.245. The van der Waals surface area contributed by atoms with Gasteiger partial charge in [-0.15, -0.1) is 0 Å². The zero-order valence-electron chi connectivity index (χ0n) is 10.2. The molecule has 0 radical (unpaired) electrons. The lowest BCUT2D eigenvalue weighted by Crippen LogP contribution is -2.12. The number of aromatic nitrogens is 2. The molecule has 100 valence electrons. The van der Waals surface area contributed by atoms with E-state index in [1.807, 2.05) is 0 Å². The van der Waals surface area contributed by atoms with Crippen molar-refractivity contribution in [3.63, 3.8) is 0 Å². The molecule has 2 aromatic rings. The molecule has 2 rings (SSSR count). The number of rotatable bonds is 4. The van der Waals surface area contributed by atoms with Crippen molar-refractivity contribution >= 4 is 17.4 Å². The molecule has 1 aromatic heterocycles. The SMILES string of the molecule is Cc1ncc([N+](=O)[O-])n1CC(O)c1ccccc1Cl. The molecule has 0 fully saturated rings. The van der Waals surface area contributed by atoms with Gasteiger partial charge >= 0.3 is 5.82 Å². The first-order valence-corrected chi connectivity index (χ1v) is 5.97. The summed E-state index contributed by atoms with van der Waals surface area (Å²) in [6, 6.07) is 6.85. The van der Waals surface area contributed by atoms with Gasteiger partial charge in [0.05, 0.1) is 0 Å². The van der Waals surface area contributed by atoms with E-state index in [0.717, 1.165) is 0 Å². The summed E-state index contributed by atoms with van der Waals surface area (Å²) >= 11 is 5.98. The van der Waals surface area contributed by atoms with Gasteiger partial charge in [0.2, 0.25) is 0 Å². The van der Waals surface area contributed by atoms with Crippen LogP contribution < -0.4 is 0 Å². The molecule has 0 aliphatic carbocycles. The van der Waals surface area contributed by atoms with Gasteiger partial charge in [0.1, 0.15) is 18.8 Å². The van der Waals surface area contributed by atoms with Gasteiger partial charge in [0.25, 0.3) is 0 Å². The van der Waals surface area contributed by atoms with E-state index in [1.54, 1.807) is 31.2 Å². The van der Waals surface area contributed by atoms with Gasteiger partial charge < -0.3 is 15.2 Å². The van der Waals surface area contributed by atoms with Gasteiger partial charge in [-0.05, 0) is 11.0 Å². The van der Waals surface area contributed by atoms with E-state index in [1.165, 1.54) is 10.8 Å². The van der Waals surface area contributed by atoms with Gasteiger partial charge in [-0.3, -0.25) is 0 Å². The van der Waals surface area contributed by atoms with Crippen LogP contribution >= 0.6 is 11.6 Å². The Balaban J connectivity index is 2.29. The van der Waals surface area contributed by atoms with Crippen molar-refractivity contribution in [1.82, 2.24) is 9.55 Å². The van der Waals surface area contributed by atoms with Crippen molar-refractivity contribution in [3.8, 4) is 0 Å². The molecule has 0 saturated heterocycles. The molecule has 1 heterocycles. The van der Waals surface area contributed by atoms with Crippen LogP contribution in [0.5, 0.6) is 0 Å². The first-order chi connectivity index (χ1) is 9.00. The highest BCUT2D eigenvalue weighted by Gasteiger charge is 2.22. The number of hydrogen-bond acceptors (Lipinski definition) is 4. The van der Waals surface area contributed by atoms with Crippen LogP contribution in [0.25, 0.3) is 0 Å². The van der Waals surface area contributed by atoms with Crippen LogP contribution in [0.1, 0.15) is 17.5 Å². The molecule has 1 N–H and O–H groups in total. The molecule has 1 unspecified atom stereocenters. The quantitative estimate of drug-likeness (QED) is 0.689. The maximum Gasteiger partial charge on any atom is 0.342 e. The fourth-order valence-corrected chi connectivity index (χ4v) is 2.11. The van der Waals surface area contributed by atoms with Crippen molar-refractivity contribution in [3.05, 3.63) is 57.0 Å². The number of hydrogen-bond donors (Lipinski definition) is 1. The molecule has 0 saturated carbocycles. The molecule has 0 aliphatic rings. The summed E-state index contributed by atoms with van der Waals surface area (Å²) in [6.45, 7) is 1.68. The predicted octanol–water partition coefficient (Wildman–Crippen LogP) is 2.49. The Morgan fingerprint density at radius 1 is 1.53 bits per heavy atom. The van der Waals surface area contributed by atoms with Crippen molar-refractivity contribution in [2.45, 2.75) is 19.6 Å². The second kappa shape index (κ2) is 5.38. The third-order valence-corrected chi connectivity index (χ3v) is 3.19. The van der Waals surface area contributed by atoms with E-state index < -0.39 is 11.0 Å². The topological polar surface area (TPSA) is 81.2 Å². The minimum atomic E-state index is -0.930. The number of aryl methyl sites for hydroxylation is 1. The lowest BCUT2D eigenvalue weighted by molar-refractivity contribution is -0.392. The van der Waals surface area contributed by atoms with Gasteiger partial charge in [-0.2, -0.15) is 0 Å². The number of benzene rings is 1. The highest BCUT2D eigenvalue weighted by molar-refractivity contribution is 6.31. The fourth-order valence-electron chi connectivity index (χ4n) is 1.84. The summed E-state index contributed by atoms with van der Waals surface area (Å²) < 4.78 is 1.36.